The Morgan fingerprint density at radius 1 is 1.35 bits per heavy atom. The van der Waals surface area contributed by atoms with Gasteiger partial charge in [0.2, 0.25) is 11.9 Å². The van der Waals surface area contributed by atoms with Crippen molar-refractivity contribution in [3.63, 3.8) is 0 Å². The number of aromatic nitrogens is 5. The minimum atomic E-state index is -0.0236. The van der Waals surface area contributed by atoms with E-state index in [4.69, 9.17) is 10.5 Å². The predicted molar refractivity (Wildman–Crippen MR) is 75.3 cm³/mol. The molecular weight excluding hydrogens is 258 g/mol. The second-order valence-electron chi connectivity index (χ2n) is 4.75. The van der Waals surface area contributed by atoms with Crippen LogP contribution >= 0.6 is 0 Å². The van der Waals surface area contributed by atoms with Gasteiger partial charge in [0, 0.05) is 26.5 Å². The Hall–Kier alpha value is -2.38. The molecule has 0 aliphatic rings. The smallest absolute Gasteiger partial charge is 0.323 e. The van der Waals surface area contributed by atoms with Crippen molar-refractivity contribution < 1.29 is 4.74 Å². The molecule has 0 aliphatic carbocycles. The topological polar surface area (TPSA) is 95.0 Å². The lowest BCUT2D eigenvalue weighted by Crippen LogP contribution is -2.23. The van der Waals surface area contributed by atoms with Gasteiger partial charge in [0.25, 0.3) is 0 Å². The van der Waals surface area contributed by atoms with Crippen molar-refractivity contribution in [3.8, 4) is 6.01 Å². The zero-order valence-electron chi connectivity index (χ0n) is 12.1. The third-order valence-electron chi connectivity index (χ3n) is 2.60. The molecule has 0 radical (unpaired) electrons. The minimum absolute atomic E-state index is 0.0236. The zero-order chi connectivity index (χ0) is 14.7. The maximum absolute atomic E-state index is 5.69. The van der Waals surface area contributed by atoms with E-state index in [0.29, 0.717) is 12.5 Å². The fourth-order valence-electron chi connectivity index (χ4n) is 1.63. The van der Waals surface area contributed by atoms with Crippen LogP contribution in [0.5, 0.6) is 6.01 Å². The molecule has 0 atom stereocenters. The van der Waals surface area contributed by atoms with Crippen molar-refractivity contribution in [1.29, 1.82) is 0 Å². The van der Waals surface area contributed by atoms with Crippen LogP contribution in [-0.4, -0.2) is 37.7 Å². The molecule has 0 saturated heterocycles. The van der Waals surface area contributed by atoms with Crippen LogP contribution in [0.25, 0.3) is 0 Å². The minimum Gasteiger partial charge on any atom is -0.461 e. The van der Waals surface area contributed by atoms with Crippen LogP contribution in [0.1, 0.15) is 19.7 Å². The Morgan fingerprint density at radius 3 is 2.70 bits per heavy atom. The maximum atomic E-state index is 5.69. The SMILES string of the molecule is CC(C)Oc1nc(N)nc(N(C)Cc2nccn2C)n1. The molecule has 0 aliphatic heterocycles. The molecule has 0 amide bonds. The molecule has 0 bridgehead atoms. The maximum Gasteiger partial charge on any atom is 0.323 e. The number of anilines is 2. The number of imidazole rings is 1. The molecule has 2 rings (SSSR count). The van der Waals surface area contributed by atoms with Crippen molar-refractivity contribution >= 4 is 11.9 Å². The first-order valence-corrected chi connectivity index (χ1v) is 6.31. The van der Waals surface area contributed by atoms with Crippen LogP contribution in [0, 0.1) is 0 Å². The number of nitrogen functional groups attached to an aromatic ring is 1. The van der Waals surface area contributed by atoms with Crippen molar-refractivity contribution in [2.75, 3.05) is 17.7 Å². The summed E-state index contributed by atoms with van der Waals surface area (Å²) < 4.78 is 7.39. The summed E-state index contributed by atoms with van der Waals surface area (Å²) in [6.07, 6.45) is 3.61. The van der Waals surface area contributed by atoms with Crippen molar-refractivity contribution in [3.05, 3.63) is 18.2 Å². The van der Waals surface area contributed by atoms with E-state index in [1.165, 1.54) is 0 Å². The second kappa shape index (κ2) is 5.72. The Kier molecular flexibility index (Phi) is 4.02. The van der Waals surface area contributed by atoms with Gasteiger partial charge < -0.3 is 19.9 Å². The van der Waals surface area contributed by atoms with E-state index in [2.05, 4.69) is 19.9 Å². The molecule has 0 spiro atoms. The van der Waals surface area contributed by atoms with Gasteiger partial charge in [-0.1, -0.05) is 0 Å². The highest BCUT2D eigenvalue weighted by atomic mass is 16.5. The highest BCUT2D eigenvalue weighted by Gasteiger charge is 2.12. The van der Waals surface area contributed by atoms with E-state index in [1.807, 2.05) is 43.6 Å². The van der Waals surface area contributed by atoms with Crippen molar-refractivity contribution in [2.45, 2.75) is 26.5 Å². The van der Waals surface area contributed by atoms with Crippen LogP contribution in [0.4, 0.5) is 11.9 Å². The predicted octanol–water partition coefficient (Wildman–Crippen LogP) is 0.611. The van der Waals surface area contributed by atoms with Crippen LogP contribution in [-0.2, 0) is 13.6 Å². The summed E-state index contributed by atoms with van der Waals surface area (Å²) >= 11 is 0. The fourth-order valence-corrected chi connectivity index (χ4v) is 1.63. The molecule has 2 aromatic rings. The van der Waals surface area contributed by atoms with Gasteiger partial charge in [0.05, 0.1) is 12.6 Å². The molecule has 8 nitrogen and oxygen atoms in total. The summed E-state index contributed by atoms with van der Waals surface area (Å²) in [5.74, 6) is 1.49. The van der Waals surface area contributed by atoms with E-state index >= 15 is 0 Å². The van der Waals surface area contributed by atoms with Gasteiger partial charge >= 0.3 is 6.01 Å². The summed E-state index contributed by atoms with van der Waals surface area (Å²) in [5.41, 5.74) is 5.69. The van der Waals surface area contributed by atoms with Crippen molar-refractivity contribution in [1.82, 2.24) is 24.5 Å². The van der Waals surface area contributed by atoms with Gasteiger partial charge in [-0.25, -0.2) is 4.98 Å². The number of hydrogen-bond donors (Lipinski definition) is 1. The molecule has 0 unspecified atom stereocenters. The molecule has 20 heavy (non-hydrogen) atoms. The lowest BCUT2D eigenvalue weighted by molar-refractivity contribution is 0.222. The average molecular weight is 277 g/mol. The molecular formula is C12H19N7O. The number of nitrogens with zero attached hydrogens (tertiary/aromatic N) is 6. The lowest BCUT2D eigenvalue weighted by atomic mass is 10.5. The van der Waals surface area contributed by atoms with E-state index in [-0.39, 0.29) is 18.1 Å². The lowest BCUT2D eigenvalue weighted by Gasteiger charge is -2.17. The van der Waals surface area contributed by atoms with E-state index < -0.39 is 0 Å². The van der Waals surface area contributed by atoms with Gasteiger partial charge in [-0.2, -0.15) is 15.0 Å². The molecule has 8 heteroatoms. The second-order valence-corrected chi connectivity index (χ2v) is 4.75. The van der Waals surface area contributed by atoms with Crippen LogP contribution in [0.2, 0.25) is 0 Å². The van der Waals surface area contributed by atoms with Crippen molar-refractivity contribution in [2.24, 2.45) is 7.05 Å². The first kappa shape index (κ1) is 14.0. The van der Waals surface area contributed by atoms with E-state index in [0.717, 1.165) is 5.82 Å². The average Bonchev–Trinajstić information content (AvgIpc) is 2.73. The van der Waals surface area contributed by atoms with Gasteiger partial charge in [-0.15, -0.1) is 0 Å². The van der Waals surface area contributed by atoms with E-state index in [9.17, 15) is 0 Å². The zero-order valence-corrected chi connectivity index (χ0v) is 12.1. The molecule has 108 valence electrons. The number of aryl methyl sites for hydroxylation is 1. The molecule has 0 aromatic carbocycles. The normalized spacial score (nSPS) is 10.8. The summed E-state index contributed by atoms with van der Waals surface area (Å²) in [6, 6.07) is 0.231. The number of rotatable bonds is 5. The van der Waals surface area contributed by atoms with Crippen LogP contribution < -0.4 is 15.4 Å². The summed E-state index contributed by atoms with van der Waals surface area (Å²) in [5, 5.41) is 0. The monoisotopic (exact) mass is 277 g/mol. The number of nitrogens with two attached hydrogens (primary N) is 1. The fraction of sp³-hybridized carbons (Fsp3) is 0.500. The number of ether oxygens (including phenoxy) is 1. The molecule has 2 aromatic heterocycles. The Labute approximate surface area is 117 Å². The summed E-state index contributed by atoms with van der Waals surface area (Å²) in [4.78, 5) is 18.4. The molecule has 0 saturated carbocycles. The molecule has 2 heterocycles. The Balaban J connectivity index is 2.18. The first-order valence-electron chi connectivity index (χ1n) is 6.31. The quantitative estimate of drug-likeness (QED) is 0.855. The molecule has 2 N–H and O–H groups in total. The summed E-state index contributed by atoms with van der Waals surface area (Å²) in [6.45, 7) is 4.36. The van der Waals surface area contributed by atoms with Gasteiger partial charge in [0.15, 0.2) is 0 Å². The number of hydrogen-bond acceptors (Lipinski definition) is 7. The Morgan fingerprint density at radius 2 is 2.10 bits per heavy atom. The van der Waals surface area contributed by atoms with Crippen LogP contribution in [0.3, 0.4) is 0 Å². The standard InChI is InChI=1S/C12H19N7O/c1-8(2)20-12-16-10(13)15-11(17-12)19(4)7-9-14-5-6-18(9)3/h5-6,8H,7H2,1-4H3,(H2,13,15,16,17). The highest BCUT2D eigenvalue weighted by Crippen LogP contribution is 2.14. The van der Waals surface area contributed by atoms with E-state index in [1.54, 1.807) is 6.20 Å². The molecule has 0 fully saturated rings. The third-order valence-corrected chi connectivity index (χ3v) is 2.60. The van der Waals surface area contributed by atoms with Gasteiger partial charge in [0.1, 0.15) is 5.82 Å². The first-order chi connectivity index (χ1) is 9.45. The highest BCUT2D eigenvalue weighted by molar-refractivity contribution is 5.35. The Bertz CT molecular complexity index is 581. The van der Waals surface area contributed by atoms with Gasteiger partial charge in [-0.3, -0.25) is 0 Å². The third kappa shape index (κ3) is 3.34. The largest absolute Gasteiger partial charge is 0.461 e. The van der Waals surface area contributed by atoms with Gasteiger partial charge in [-0.05, 0) is 13.8 Å². The van der Waals surface area contributed by atoms with Crippen LogP contribution in [0.15, 0.2) is 12.4 Å². The summed E-state index contributed by atoms with van der Waals surface area (Å²) in [7, 11) is 3.80.